The minimum atomic E-state index is -1.35. The van der Waals surface area contributed by atoms with Crippen LogP contribution < -0.4 is 38.9 Å². The zero-order valence-electron chi connectivity index (χ0n) is 23.3. The lowest BCUT2D eigenvalue weighted by atomic mass is 9.98. The van der Waals surface area contributed by atoms with Crippen LogP contribution in [0.1, 0.15) is 51.5 Å². The molecule has 1 aromatic rings. The molecule has 0 aliphatic carbocycles. The first kappa shape index (κ1) is 34.6. The Bertz CT molecular complexity index is 1080. The molecule has 13 N–H and O–H groups in total. The Balaban J connectivity index is 3.15. The standard InChI is InChI=1S/C26H42N8O7/c1-3-14(2)21(28)24(39)34-19(13-15-6-8-16(35)9-7-15)23(38)32-17(10-11-20(27)36)22(37)33-18(25(40)41)5-4-12-31-26(29)30/h6-9,14,17-19,21,35H,3-5,10-13,28H2,1-2H3,(H2,27,36)(H,32,38)(H,33,37)(H,34,39)(H,40,41)(H4,29,30,31). The summed E-state index contributed by atoms with van der Waals surface area (Å²) in [7, 11) is 0. The molecule has 0 heterocycles. The summed E-state index contributed by atoms with van der Waals surface area (Å²) in [5.41, 5.74) is 22.4. The lowest BCUT2D eigenvalue weighted by Crippen LogP contribution is -2.58. The van der Waals surface area contributed by atoms with Gasteiger partial charge in [-0.1, -0.05) is 32.4 Å². The summed E-state index contributed by atoms with van der Waals surface area (Å²) in [6.45, 7) is 3.80. The van der Waals surface area contributed by atoms with E-state index in [2.05, 4.69) is 20.9 Å². The second-order valence-corrected chi connectivity index (χ2v) is 9.76. The number of hydrogen-bond acceptors (Lipinski definition) is 8. The van der Waals surface area contributed by atoms with Crippen LogP contribution in [0, 0.1) is 5.92 Å². The largest absolute Gasteiger partial charge is 0.508 e. The van der Waals surface area contributed by atoms with Crippen LogP contribution in [-0.4, -0.2) is 76.5 Å². The molecule has 228 valence electrons. The topological polar surface area (TPSA) is 278 Å². The first-order valence-electron chi connectivity index (χ1n) is 13.3. The van der Waals surface area contributed by atoms with Crippen LogP contribution in [0.2, 0.25) is 0 Å². The Kier molecular flexibility index (Phi) is 14.6. The van der Waals surface area contributed by atoms with Crippen molar-refractivity contribution >= 4 is 35.6 Å². The number of nitrogens with one attached hydrogen (secondary N) is 3. The normalized spacial score (nSPS) is 14.4. The van der Waals surface area contributed by atoms with Crippen molar-refractivity contribution in [3.05, 3.63) is 29.8 Å². The molecular weight excluding hydrogens is 536 g/mol. The van der Waals surface area contributed by atoms with Gasteiger partial charge >= 0.3 is 5.97 Å². The van der Waals surface area contributed by atoms with E-state index in [9.17, 15) is 34.2 Å². The highest BCUT2D eigenvalue weighted by Crippen LogP contribution is 2.13. The Morgan fingerprint density at radius 3 is 1.98 bits per heavy atom. The van der Waals surface area contributed by atoms with Crippen LogP contribution in [0.25, 0.3) is 0 Å². The van der Waals surface area contributed by atoms with Gasteiger partial charge in [-0.15, -0.1) is 0 Å². The van der Waals surface area contributed by atoms with Crippen molar-refractivity contribution in [2.75, 3.05) is 6.54 Å². The Labute approximate surface area is 238 Å². The molecule has 5 unspecified atom stereocenters. The maximum absolute atomic E-state index is 13.4. The highest BCUT2D eigenvalue weighted by atomic mass is 16.4. The maximum Gasteiger partial charge on any atom is 0.326 e. The van der Waals surface area contributed by atoms with Gasteiger partial charge in [-0.3, -0.25) is 24.2 Å². The van der Waals surface area contributed by atoms with E-state index >= 15 is 0 Å². The molecule has 41 heavy (non-hydrogen) atoms. The van der Waals surface area contributed by atoms with Crippen LogP contribution in [0.4, 0.5) is 0 Å². The number of phenols is 1. The fourth-order valence-electron chi connectivity index (χ4n) is 3.72. The monoisotopic (exact) mass is 578 g/mol. The third kappa shape index (κ3) is 13.0. The number of nitrogens with two attached hydrogens (primary N) is 4. The van der Waals surface area contributed by atoms with Crippen LogP contribution in [0.5, 0.6) is 5.75 Å². The number of carbonyl (C=O) groups is 5. The predicted molar refractivity (Wildman–Crippen MR) is 151 cm³/mol. The molecular formula is C26H42N8O7. The summed E-state index contributed by atoms with van der Waals surface area (Å²) >= 11 is 0. The number of aliphatic imine (C=N–C) groups is 1. The molecule has 0 fully saturated rings. The first-order valence-corrected chi connectivity index (χ1v) is 13.3. The van der Waals surface area contributed by atoms with E-state index in [1.807, 2.05) is 6.92 Å². The van der Waals surface area contributed by atoms with E-state index in [4.69, 9.17) is 22.9 Å². The van der Waals surface area contributed by atoms with Gasteiger partial charge in [0.15, 0.2) is 5.96 Å². The maximum atomic E-state index is 13.4. The Morgan fingerprint density at radius 2 is 1.44 bits per heavy atom. The summed E-state index contributed by atoms with van der Waals surface area (Å²) < 4.78 is 0. The molecule has 0 aromatic heterocycles. The van der Waals surface area contributed by atoms with Crippen LogP contribution in [0.15, 0.2) is 29.3 Å². The van der Waals surface area contributed by atoms with Crippen molar-refractivity contribution in [3.63, 3.8) is 0 Å². The number of benzene rings is 1. The van der Waals surface area contributed by atoms with Gasteiger partial charge in [-0.2, -0.15) is 0 Å². The zero-order valence-corrected chi connectivity index (χ0v) is 23.3. The number of amides is 4. The van der Waals surface area contributed by atoms with Crippen LogP contribution in [-0.2, 0) is 30.4 Å². The molecule has 0 aliphatic rings. The fraction of sp³-hybridized carbons (Fsp3) is 0.538. The van der Waals surface area contributed by atoms with Gasteiger partial charge in [0.25, 0.3) is 0 Å². The molecule has 1 aromatic carbocycles. The zero-order chi connectivity index (χ0) is 31.1. The van der Waals surface area contributed by atoms with Gasteiger partial charge in [-0.25, -0.2) is 4.79 Å². The summed E-state index contributed by atoms with van der Waals surface area (Å²) in [5.74, 6) is -4.60. The Hall–Kier alpha value is -4.40. The van der Waals surface area contributed by atoms with Gasteiger partial charge in [0.05, 0.1) is 6.04 Å². The number of aromatic hydroxyl groups is 1. The smallest absolute Gasteiger partial charge is 0.326 e. The van der Waals surface area contributed by atoms with E-state index in [0.29, 0.717) is 12.0 Å². The average Bonchev–Trinajstić information content (AvgIpc) is 2.91. The van der Waals surface area contributed by atoms with Gasteiger partial charge in [0, 0.05) is 19.4 Å². The van der Waals surface area contributed by atoms with Crippen molar-refractivity contribution in [1.82, 2.24) is 16.0 Å². The summed E-state index contributed by atoms with van der Waals surface area (Å²) in [5, 5.41) is 26.6. The molecule has 0 spiro atoms. The van der Waals surface area contributed by atoms with Gasteiger partial charge < -0.3 is 49.1 Å². The minimum Gasteiger partial charge on any atom is -0.508 e. The number of hydrogen-bond donors (Lipinski definition) is 9. The molecule has 4 amide bonds. The number of primary amides is 1. The number of nitrogens with zero attached hydrogens (tertiary/aromatic N) is 1. The van der Waals surface area contributed by atoms with E-state index in [1.165, 1.54) is 12.1 Å². The molecule has 0 saturated heterocycles. The number of carboxylic acids is 1. The molecule has 5 atom stereocenters. The number of guanidine groups is 1. The SMILES string of the molecule is CCC(C)C(N)C(=O)NC(Cc1ccc(O)cc1)C(=O)NC(CCC(N)=O)C(=O)NC(CCCN=C(N)N)C(=O)O. The molecule has 0 bridgehead atoms. The number of aliphatic carboxylic acids is 1. The van der Waals surface area contributed by atoms with Crippen molar-refractivity contribution in [2.24, 2.45) is 33.8 Å². The van der Waals surface area contributed by atoms with Crippen molar-refractivity contribution < 1.29 is 34.2 Å². The number of phenolic OH excluding ortho intramolecular Hbond substituents is 1. The number of rotatable bonds is 18. The molecule has 15 heteroatoms. The lowest BCUT2D eigenvalue weighted by molar-refractivity contribution is -0.142. The third-order valence-corrected chi connectivity index (χ3v) is 6.44. The van der Waals surface area contributed by atoms with Crippen molar-refractivity contribution in [3.8, 4) is 5.75 Å². The van der Waals surface area contributed by atoms with Crippen LogP contribution >= 0.6 is 0 Å². The molecule has 15 nitrogen and oxygen atoms in total. The second kappa shape index (κ2) is 17.3. The van der Waals surface area contributed by atoms with E-state index in [0.717, 1.165) is 0 Å². The quantitative estimate of drug-likeness (QED) is 0.0533. The molecule has 0 radical (unpaired) electrons. The predicted octanol–water partition coefficient (Wildman–Crippen LogP) is -1.83. The Morgan fingerprint density at radius 1 is 0.878 bits per heavy atom. The van der Waals surface area contributed by atoms with Crippen LogP contribution in [0.3, 0.4) is 0 Å². The molecule has 0 saturated carbocycles. The molecule has 0 aliphatic heterocycles. The molecule has 1 rings (SSSR count). The fourth-order valence-corrected chi connectivity index (χ4v) is 3.72. The summed E-state index contributed by atoms with van der Waals surface area (Å²) in [6, 6.07) is 1.18. The summed E-state index contributed by atoms with van der Waals surface area (Å²) in [4.78, 5) is 66.3. The van der Waals surface area contributed by atoms with Crippen molar-refractivity contribution in [2.45, 2.75) is 76.5 Å². The van der Waals surface area contributed by atoms with Crippen molar-refractivity contribution in [1.29, 1.82) is 0 Å². The lowest BCUT2D eigenvalue weighted by Gasteiger charge is -2.26. The third-order valence-electron chi connectivity index (χ3n) is 6.44. The highest BCUT2D eigenvalue weighted by molar-refractivity contribution is 5.94. The second-order valence-electron chi connectivity index (χ2n) is 9.76. The number of carbonyl (C=O) groups excluding carboxylic acids is 4. The highest BCUT2D eigenvalue weighted by Gasteiger charge is 2.31. The average molecular weight is 579 g/mol. The van der Waals surface area contributed by atoms with E-state index < -0.39 is 53.8 Å². The number of carboxylic acid groups (broad SMARTS) is 1. The van der Waals surface area contributed by atoms with Gasteiger partial charge in [0.1, 0.15) is 23.9 Å². The van der Waals surface area contributed by atoms with Gasteiger partial charge in [0.2, 0.25) is 23.6 Å². The summed E-state index contributed by atoms with van der Waals surface area (Å²) in [6.07, 6.45) is 0.327. The first-order chi connectivity index (χ1) is 19.2. The minimum absolute atomic E-state index is 0.00653. The van der Waals surface area contributed by atoms with E-state index in [-0.39, 0.29) is 56.3 Å². The van der Waals surface area contributed by atoms with Gasteiger partial charge in [-0.05, 0) is 42.9 Å². The van der Waals surface area contributed by atoms with E-state index in [1.54, 1.807) is 19.1 Å².